The van der Waals surface area contributed by atoms with E-state index < -0.39 is 5.97 Å². The standard InChI is InChI=1S/C18H13FN4O3/c1-2-26-18(25)14-10-21-23-15-7-8-22(12-5-3-11(19)4-6-12)17(24)13(15)9-20-16(14)23/h3-10H,2H2,1H3. The van der Waals surface area contributed by atoms with Crippen molar-refractivity contribution < 1.29 is 13.9 Å². The highest BCUT2D eigenvalue weighted by Gasteiger charge is 2.17. The molecule has 0 radical (unpaired) electrons. The molecule has 1 aromatic carbocycles. The van der Waals surface area contributed by atoms with Crippen LogP contribution in [0.25, 0.3) is 22.2 Å². The third kappa shape index (κ3) is 2.43. The van der Waals surface area contributed by atoms with Gasteiger partial charge in [-0.2, -0.15) is 5.10 Å². The molecule has 4 aromatic rings. The van der Waals surface area contributed by atoms with Gasteiger partial charge >= 0.3 is 5.97 Å². The zero-order chi connectivity index (χ0) is 18.3. The van der Waals surface area contributed by atoms with Crippen LogP contribution in [-0.2, 0) is 4.74 Å². The van der Waals surface area contributed by atoms with E-state index in [4.69, 9.17) is 4.74 Å². The van der Waals surface area contributed by atoms with Gasteiger partial charge in [-0.1, -0.05) is 0 Å². The number of aromatic nitrogens is 4. The number of pyridine rings is 1. The lowest BCUT2D eigenvalue weighted by Crippen LogP contribution is -2.19. The summed E-state index contributed by atoms with van der Waals surface area (Å²) >= 11 is 0. The maximum atomic E-state index is 13.1. The third-order valence-electron chi connectivity index (χ3n) is 3.99. The molecule has 0 saturated heterocycles. The fourth-order valence-electron chi connectivity index (χ4n) is 2.77. The number of hydrogen-bond acceptors (Lipinski definition) is 5. The lowest BCUT2D eigenvalue weighted by molar-refractivity contribution is 0.0528. The molecule has 0 saturated carbocycles. The molecule has 3 aromatic heterocycles. The molecule has 0 spiro atoms. The monoisotopic (exact) mass is 352 g/mol. The minimum absolute atomic E-state index is 0.233. The van der Waals surface area contributed by atoms with Crippen LogP contribution in [0.4, 0.5) is 4.39 Å². The number of halogens is 1. The van der Waals surface area contributed by atoms with Crippen LogP contribution in [0.15, 0.2) is 53.7 Å². The lowest BCUT2D eigenvalue weighted by Gasteiger charge is -2.08. The fourth-order valence-corrected chi connectivity index (χ4v) is 2.77. The van der Waals surface area contributed by atoms with E-state index in [0.29, 0.717) is 22.2 Å². The Hall–Kier alpha value is -3.55. The molecule has 0 bridgehead atoms. The molecule has 0 aliphatic rings. The third-order valence-corrected chi connectivity index (χ3v) is 3.99. The van der Waals surface area contributed by atoms with E-state index in [2.05, 4.69) is 10.1 Å². The zero-order valence-electron chi connectivity index (χ0n) is 13.7. The number of hydrogen-bond donors (Lipinski definition) is 0. The first-order chi connectivity index (χ1) is 12.6. The van der Waals surface area contributed by atoms with Crippen molar-refractivity contribution in [1.82, 2.24) is 19.2 Å². The van der Waals surface area contributed by atoms with Gasteiger partial charge in [0.25, 0.3) is 5.56 Å². The van der Waals surface area contributed by atoms with Crippen molar-refractivity contribution in [3.8, 4) is 5.69 Å². The molecule has 0 unspecified atom stereocenters. The van der Waals surface area contributed by atoms with Crippen molar-refractivity contribution in [2.45, 2.75) is 6.92 Å². The Bertz CT molecular complexity index is 1190. The van der Waals surface area contributed by atoms with Crippen molar-refractivity contribution >= 4 is 22.5 Å². The van der Waals surface area contributed by atoms with Crippen LogP contribution < -0.4 is 5.56 Å². The molecule has 0 atom stereocenters. The highest BCUT2D eigenvalue weighted by molar-refractivity contribution is 5.96. The first-order valence-corrected chi connectivity index (χ1v) is 7.91. The van der Waals surface area contributed by atoms with Gasteiger partial charge in [0.15, 0.2) is 5.65 Å². The van der Waals surface area contributed by atoms with E-state index in [1.807, 2.05) is 0 Å². The molecule has 0 amide bonds. The Labute approximate surface area is 146 Å². The Morgan fingerprint density at radius 2 is 1.96 bits per heavy atom. The molecular formula is C18H13FN4O3. The Balaban J connectivity index is 1.91. The van der Waals surface area contributed by atoms with Crippen LogP contribution in [0, 0.1) is 5.82 Å². The van der Waals surface area contributed by atoms with Gasteiger partial charge in [0.1, 0.15) is 11.4 Å². The number of nitrogens with zero attached hydrogens (tertiary/aromatic N) is 4. The van der Waals surface area contributed by atoms with Gasteiger partial charge in [-0.3, -0.25) is 9.36 Å². The van der Waals surface area contributed by atoms with Crippen molar-refractivity contribution in [3.05, 3.63) is 70.7 Å². The predicted molar refractivity (Wildman–Crippen MR) is 92.0 cm³/mol. The first kappa shape index (κ1) is 15.9. The number of rotatable bonds is 3. The van der Waals surface area contributed by atoms with Gasteiger partial charge in [0.05, 0.1) is 23.7 Å². The number of carbonyl (C=O) groups is 1. The van der Waals surface area contributed by atoms with Crippen LogP contribution in [0.2, 0.25) is 0 Å². The first-order valence-electron chi connectivity index (χ1n) is 7.91. The number of ether oxygens (including phenoxy) is 1. The highest BCUT2D eigenvalue weighted by atomic mass is 19.1. The van der Waals surface area contributed by atoms with Crippen LogP contribution in [-0.4, -0.2) is 31.7 Å². The van der Waals surface area contributed by atoms with Crippen LogP contribution in [0.1, 0.15) is 17.3 Å². The number of carbonyl (C=O) groups excluding carboxylic acids is 1. The second kappa shape index (κ2) is 6.07. The van der Waals surface area contributed by atoms with Crippen molar-refractivity contribution in [3.63, 3.8) is 0 Å². The van der Waals surface area contributed by atoms with Crippen LogP contribution in [0.5, 0.6) is 0 Å². The molecule has 8 heteroatoms. The lowest BCUT2D eigenvalue weighted by atomic mass is 10.2. The molecule has 0 fully saturated rings. The highest BCUT2D eigenvalue weighted by Crippen LogP contribution is 2.17. The van der Waals surface area contributed by atoms with Gasteiger partial charge in [-0.15, -0.1) is 0 Å². The topological polar surface area (TPSA) is 78.5 Å². The fraction of sp³-hybridized carbons (Fsp3) is 0.111. The molecule has 0 aliphatic carbocycles. The Morgan fingerprint density at radius 3 is 2.69 bits per heavy atom. The normalized spacial score (nSPS) is 11.2. The van der Waals surface area contributed by atoms with Crippen molar-refractivity contribution in [2.24, 2.45) is 0 Å². The Kier molecular flexibility index (Phi) is 3.72. The molecule has 130 valence electrons. The summed E-state index contributed by atoms with van der Waals surface area (Å²) < 4.78 is 20.9. The van der Waals surface area contributed by atoms with E-state index in [1.54, 1.807) is 19.2 Å². The summed E-state index contributed by atoms with van der Waals surface area (Å²) in [5, 5.41) is 4.48. The van der Waals surface area contributed by atoms with Gasteiger partial charge in [-0.25, -0.2) is 18.7 Å². The summed E-state index contributed by atoms with van der Waals surface area (Å²) in [4.78, 5) is 29.0. The van der Waals surface area contributed by atoms with Crippen molar-refractivity contribution in [2.75, 3.05) is 6.61 Å². The summed E-state index contributed by atoms with van der Waals surface area (Å²) in [6.45, 7) is 1.95. The molecule has 7 nitrogen and oxygen atoms in total. The Morgan fingerprint density at radius 1 is 1.19 bits per heavy atom. The average Bonchev–Trinajstić information content (AvgIpc) is 3.08. The summed E-state index contributed by atoms with van der Waals surface area (Å²) in [6, 6.07) is 7.29. The van der Waals surface area contributed by atoms with E-state index >= 15 is 0 Å². The molecule has 4 rings (SSSR count). The van der Waals surface area contributed by atoms with Crippen LogP contribution in [0.3, 0.4) is 0 Å². The maximum Gasteiger partial charge on any atom is 0.343 e. The molecular weight excluding hydrogens is 339 g/mol. The maximum absolute atomic E-state index is 13.1. The molecule has 3 heterocycles. The number of esters is 1. The summed E-state index contributed by atoms with van der Waals surface area (Å²) in [5.41, 5.74) is 1.27. The van der Waals surface area contributed by atoms with E-state index in [9.17, 15) is 14.0 Å². The second-order valence-electron chi connectivity index (χ2n) is 5.54. The average molecular weight is 352 g/mol. The summed E-state index contributed by atoms with van der Waals surface area (Å²) in [7, 11) is 0. The summed E-state index contributed by atoms with van der Waals surface area (Å²) in [6.07, 6.45) is 4.34. The molecule has 0 N–H and O–H groups in total. The molecule has 26 heavy (non-hydrogen) atoms. The minimum atomic E-state index is -0.519. The van der Waals surface area contributed by atoms with Gasteiger partial charge in [0, 0.05) is 18.1 Å². The van der Waals surface area contributed by atoms with E-state index in [0.717, 1.165) is 0 Å². The van der Waals surface area contributed by atoms with E-state index in [1.165, 1.54) is 45.7 Å². The van der Waals surface area contributed by atoms with E-state index in [-0.39, 0.29) is 23.5 Å². The summed E-state index contributed by atoms with van der Waals surface area (Å²) in [5.74, 6) is -0.900. The predicted octanol–water partition coefficient (Wildman–Crippen LogP) is 2.35. The van der Waals surface area contributed by atoms with Crippen molar-refractivity contribution in [1.29, 1.82) is 0 Å². The van der Waals surface area contributed by atoms with Crippen LogP contribution >= 0.6 is 0 Å². The SMILES string of the molecule is CCOC(=O)c1cnn2c1ncc1c(=O)n(-c3ccc(F)cc3)ccc12. The van der Waals surface area contributed by atoms with Gasteiger partial charge < -0.3 is 4.74 Å². The van der Waals surface area contributed by atoms with Gasteiger partial charge in [-0.05, 0) is 37.3 Å². The number of benzene rings is 1. The van der Waals surface area contributed by atoms with Gasteiger partial charge in [0.2, 0.25) is 0 Å². The minimum Gasteiger partial charge on any atom is -0.462 e. The largest absolute Gasteiger partial charge is 0.462 e. The molecule has 0 aliphatic heterocycles. The zero-order valence-corrected chi connectivity index (χ0v) is 13.7. The smallest absolute Gasteiger partial charge is 0.343 e. The quantitative estimate of drug-likeness (QED) is 0.529. The second-order valence-corrected chi connectivity index (χ2v) is 5.54. The number of fused-ring (bicyclic) bond motifs is 3.